The second kappa shape index (κ2) is 6.96. The van der Waals surface area contributed by atoms with Crippen LogP contribution in [0, 0.1) is 0 Å². The van der Waals surface area contributed by atoms with Crippen molar-refractivity contribution in [1.82, 2.24) is 0 Å². The average molecular weight is 284 g/mol. The Bertz CT molecular complexity index is 578. The van der Waals surface area contributed by atoms with E-state index in [9.17, 15) is 4.79 Å². The molecule has 3 heteroatoms. The van der Waals surface area contributed by atoms with Crippen molar-refractivity contribution in [2.75, 3.05) is 0 Å². The summed E-state index contributed by atoms with van der Waals surface area (Å²) in [4.78, 5) is 12.1. The molecule has 0 radical (unpaired) electrons. The number of benzene rings is 2. The predicted molar refractivity (Wildman–Crippen MR) is 82.9 cm³/mol. The van der Waals surface area contributed by atoms with Gasteiger partial charge in [-0.25, -0.2) is 4.79 Å². The van der Waals surface area contributed by atoms with Crippen LogP contribution in [0.4, 0.5) is 0 Å². The fraction of sp³-hybridized carbons (Fsp3) is 0.118. The third-order valence-corrected chi connectivity index (χ3v) is 4.19. The van der Waals surface area contributed by atoms with Crippen LogP contribution in [0.2, 0.25) is 0 Å². The molecular formula is C17H16O2S. The zero-order valence-corrected chi connectivity index (χ0v) is 11.8. The molecule has 0 fully saturated rings. The molecule has 102 valence electrons. The first-order valence-electron chi connectivity index (χ1n) is 6.34. The second-order valence-corrected chi connectivity index (χ2v) is 5.72. The molecule has 0 bridgehead atoms. The van der Waals surface area contributed by atoms with Crippen LogP contribution < -0.4 is 0 Å². The summed E-state index contributed by atoms with van der Waals surface area (Å²) in [5, 5.41) is 9.09. The Morgan fingerprint density at radius 3 is 2.15 bits per heavy atom. The Labute approximate surface area is 123 Å². The van der Waals surface area contributed by atoms with Crippen molar-refractivity contribution in [3.8, 4) is 0 Å². The molecule has 20 heavy (non-hydrogen) atoms. The zero-order chi connectivity index (χ0) is 14.4. The minimum atomic E-state index is -0.931. The highest BCUT2D eigenvalue weighted by Crippen LogP contribution is 2.39. The van der Waals surface area contributed by atoms with Crippen molar-refractivity contribution < 1.29 is 9.90 Å². The lowest BCUT2D eigenvalue weighted by atomic mass is 10.1. The molecule has 0 aromatic heterocycles. The van der Waals surface area contributed by atoms with E-state index in [2.05, 4.69) is 6.58 Å². The van der Waals surface area contributed by atoms with E-state index in [-0.39, 0.29) is 10.8 Å². The molecule has 1 N–H and O–H groups in total. The van der Waals surface area contributed by atoms with Crippen LogP contribution in [0.3, 0.4) is 0 Å². The molecular weight excluding hydrogens is 268 g/mol. The Morgan fingerprint density at radius 2 is 1.60 bits per heavy atom. The van der Waals surface area contributed by atoms with Crippen LogP contribution in [0.15, 0.2) is 77.7 Å². The van der Waals surface area contributed by atoms with E-state index in [1.54, 1.807) is 11.8 Å². The van der Waals surface area contributed by atoms with Gasteiger partial charge in [0.05, 0.1) is 0 Å². The van der Waals surface area contributed by atoms with Crippen molar-refractivity contribution in [2.45, 2.75) is 16.6 Å². The quantitative estimate of drug-likeness (QED) is 0.624. The monoisotopic (exact) mass is 284 g/mol. The van der Waals surface area contributed by atoms with Gasteiger partial charge in [-0.3, -0.25) is 0 Å². The van der Waals surface area contributed by atoms with Gasteiger partial charge in [-0.1, -0.05) is 55.1 Å². The molecule has 2 aromatic carbocycles. The summed E-state index contributed by atoms with van der Waals surface area (Å²) in [7, 11) is 0. The summed E-state index contributed by atoms with van der Waals surface area (Å²) in [6.07, 6.45) is 0.429. The normalized spacial score (nSPS) is 11.8. The highest BCUT2D eigenvalue weighted by Gasteiger charge is 2.17. The average Bonchev–Trinajstić information content (AvgIpc) is 2.48. The maximum atomic E-state index is 11.0. The SMILES string of the molecule is C=C(CC(Sc1ccccc1)c1ccccc1)C(=O)O. The maximum absolute atomic E-state index is 11.0. The Balaban J connectivity index is 2.20. The number of carbonyl (C=O) groups is 1. The lowest BCUT2D eigenvalue weighted by Gasteiger charge is -2.17. The number of carboxylic acids is 1. The molecule has 0 spiro atoms. The number of aliphatic carboxylic acids is 1. The van der Waals surface area contributed by atoms with Crippen LogP contribution >= 0.6 is 11.8 Å². The van der Waals surface area contributed by atoms with Crippen LogP contribution in [-0.2, 0) is 4.79 Å². The van der Waals surface area contributed by atoms with Gasteiger partial charge in [0.15, 0.2) is 0 Å². The van der Waals surface area contributed by atoms with Crippen LogP contribution in [-0.4, -0.2) is 11.1 Å². The third kappa shape index (κ3) is 4.00. The Hall–Kier alpha value is -2.00. The minimum Gasteiger partial charge on any atom is -0.478 e. The highest BCUT2D eigenvalue weighted by molar-refractivity contribution is 7.99. The molecule has 0 aliphatic heterocycles. The second-order valence-electron chi connectivity index (χ2n) is 4.44. The fourth-order valence-corrected chi connectivity index (χ4v) is 3.09. The lowest BCUT2D eigenvalue weighted by molar-refractivity contribution is -0.132. The number of carboxylic acid groups (broad SMARTS) is 1. The fourth-order valence-electron chi connectivity index (χ4n) is 1.87. The molecule has 0 saturated carbocycles. The van der Waals surface area contributed by atoms with E-state index in [4.69, 9.17) is 5.11 Å². The zero-order valence-electron chi connectivity index (χ0n) is 11.0. The molecule has 1 atom stereocenters. The maximum Gasteiger partial charge on any atom is 0.331 e. The number of hydrogen-bond donors (Lipinski definition) is 1. The first-order chi connectivity index (χ1) is 9.66. The van der Waals surface area contributed by atoms with Gasteiger partial charge in [0, 0.05) is 15.7 Å². The van der Waals surface area contributed by atoms with Gasteiger partial charge in [-0.2, -0.15) is 0 Å². The summed E-state index contributed by atoms with van der Waals surface area (Å²) in [6, 6.07) is 19.9. The summed E-state index contributed by atoms with van der Waals surface area (Å²) in [5.41, 5.74) is 1.35. The molecule has 2 rings (SSSR count). The van der Waals surface area contributed by atoms with Gasteiger partial charge in [0.1, 0.15) is 0 Å². The van der Waals surface area contributed by atoms with Gasteiger partial charge in [-0.05, 0) is 24.1 Å². The van der Waals surface area contributed by atoms with E-state index in [0.717, 1.165) is 10.5 Å². The third-order valence-electron chi connectivity index (χ3n) is 2.93. The number of thioether (sulfide) groups is 1. The van der Waals surface area contributed by atoms with Crippen molar-refractivity contribution in [1.29, 1.82) is 0 Å². The molecule has 0 heterocycles. The van der Waals surface area contributed by atoms with Gasteiger partial charge >= 0.3 is 5.97 Å². The molecule has 0 amide bonds. The van der Waals surface area contributed by atoms with E-state index >= 15 is 0 Å². The largest absolute Gasteiger partial charge is 0.478 e. The lowest BCUT2D eigenvalue weighted by Crippen LogP contribution is -2.04. The molecule has 1 unspecified atom stereocenters. The smallest absolute Gasteiger partial charge is 0.331 e. The standard InChI is InChI=1S/C17H16O2S/c1-13(17(18)19)12-16(14-8-4-2-5-9-14)20-15-10-6-3-7-11-15/h2-11,16H,1,12H2,(H,18,19). The topological polar surface area (TPSA) is 37.3 Å². The van der Waals surface area contributed by atoms with Crippen LogP contribution in [0.5, 0.6) is 0 Å². The summed E-state index contributed by atoms with van der Waals surface area (Å²) >= 11 is 1.66. The molecule has 0 aliphatic carbocycles. The summed E-state index contributed by atoms with van der Waals surface area (Å²) < 4.78 is 0. The van der Waals surface area contributed by atoms with Gasteiger partial charge in [0.2, 0.25) is 0 Å². The van der Waals surface area contributed by atoms with E-state index < -0.39 is 5.97 Å². The molecule has 0 aliphatic rings. The number of hydrogen-bond acceptors (Lipinski definition) is 2. The van der Waals surface area contributed by atoms with Crippen molar-refractivity contribution in [3.63, 3.8) is 0 Å². The van der Waals surface area contributed by atoms with Gasteiger partial charge in [0.25, 0.3) is 0 Å². The van der Waals surface area contributed by atoms with Crippen molar-refractivity contribution in [3.05, 3.63) is 78.4 Å². The Kier molecular flexibility index (Phi) is 5.02. The van der Waals surface area contributed by atoms with E-state index in [1.807, 2.05) is 60.7 Å². The minimum absolute atomic E-state index is 0.0576. The predicted octanol–water partition coefficient (Wildman–Crippen LogP) is 4.55. The molecule has 0 saturated heterocycles. The van der Waals surface area contributed by atoms with Crippen LogP contribution in [0.25, 0.3) is 0 Å². The highest BCUT2D eigenvalue weighted by atomic mass is 32.2. The van der Waals surface area contributed by atoms with Crippen molar-refractivity contribution in [2.24, 2.45) is 0 Å². The van der Waals surface area contributed by atoms with Crippen LogP contribution in [0.1, 0.15) is 17.2 Å². The van der Waals surface area contributed by atoms with E-state index in [1.165, 1.54) is 0 Å². The first kappa shape index (κ1) is 14.4. The summed E-state index contributed by atoms with van der Waals surface area (Å²) in [6.45, 7) is 3.65. The summed E-state index contributed by atoms with van der Waals surface area (Å²) in [5.74, 6) is -0.931. The molecule has 2 aromatic rings. The van der Waals surface area contributed by atoms with Gasteiger partial charge < -0.3 is 5.11 Å². The van der Waals surface area contributed by atoms with Gasteiger partial charge in [-0.15, -0.1) is 11.8 Å². The van der Waals surface area contributed by atoms with Crippen molar-refractivity contribution >= 4 is 17.7 Å². The first-order valence-corrected chi connectivity index (χ1v) is 7.22. The van der Waals surface area contributed by atoms with E-state index in [0.29, 0.717) is 6.42 Å². The number of rotatable bonds is 6. The molecule has 2 nitrogen and oxygen atoms in total. The Morgan fingerprint density at radius 1 is 1.05 bits per heavy atom.